The molecule has 2 aliphatic rings. The first-order valence-corrected chi connectivity index (χ1v) is 7.45. The van der Waals surface area contributed by atoms with Gasteiger partial charge in [0.15, 0.2) is 11.7 Å². The standard InChI is InChI=1S/C14H27N3O2/c1-11(2)8-16-13(15)17-9-12-10-18-14(19-12)6-4-3-5-7-14/h11-12H,3-10H2,1-2H3,(H3,15,16,17). The van der Waals surface area contributed by atoms with Crippen molar-refractivity contribution in [1.82, 2.24) is 5.32 Å². The fourth-order valence-electron chi connectivity index (χ4n) is 2.63. The average molecular weight is 269 g/mol. The minimum absolute atomic E-state index is 0.0888. The normalized spacial score (nSPS) is 27.1. The molecule has 19 heavy (non-hydrogen) atoms. The van der Waals surface area contributed by atoms with Crippen molar-refractivity contribution in [2.75, 3.05) is 19.7 Å². The van der Waals surface area contributed by atoms with Gasteiger partial charge in [-0.15, -0.1) is 0 Å². The van der Waals surface area contributed by atoms with Gasteiger partial charge >= 0.3 is 0 Å². The van der Waals surface area contributed by atoms with Crippen molar-refractivity contribution in [3.63, 3.8) is 0 Å². The second-order valence-electron chi connectivity index (χ2n) is 6.02. The summed E-state index contributed by atoms with van der Waals surface area (Å²) >= 11 is 0. The van der Waals surface area contributed by atoms with E-state index in [9.17, 15) is 0 Å². The van der Waals surface area contributed by atoms with E-state index in [0.717, 1.165) is 19.4 Å². The predicted molar refractivity (Wildman–Crippen MR) is 76.0 cm³/mol. The molecule has 1 saturated carbocycles. The van der Waals surface area contributed by atoms with Crippen LogP contribution in [0.5, 0.6) is 0 Å². The van der Waals surface area contributed by atoms with Crippen LogP contribution in [0.2, 0.25) is 0 Å². The van der Waals surface area contributed by atoms with E-state index in [4.69, 9.17) is 15.2 Å². The van der Waals surface area contributed by atoms with Gasteiger partial charge in [-0.05, 0) is 18.8 Å². The van der Waals surface area contributed by atoms with Crippen LogP contribution in [-0.2, 0) is 9.47 Å². The van der Waals surface area contributed by atoms with Gasteiger partial charge in [-0.2, -0.15) is 0 Å². The Kier molecular flexibility index (Phi) is 5.05. The lowest BCUT2D eigenvalue weighted by Gasteiger charge is -2.31. The minimum Gasteiger partial charge on any atom is -0.370 e. The number of nitrogens with zero attached hydrogens (tertiary/aromatic N) is 1. The Morgan fingerprint density at radius 2 is 2.11 bits per heavy atom. The zero-order valence-electron chi connectivity index (χ0n) is 12.2. The van der Waals surface area contributed by atoms with Crippen molar-refractivity contribution in [2.24, 2.45) is 16.6 Å². The highest BCUT2D eigenvalue weighted by Crippen LogP contribution is 2.37. The SMILES string of the molecule is CC(C)CN=C(N)NCC1COC2(CCCCC2)O1. The molecular weight excluding hydrogens is 242 g/mol. The molecule has 0 bridgehead atoms. The average Bonchev–Trinajstić information content (AvgIpc) is 2.78. The number of nitrogens with two attached hydrogens (primary N) is 1. The molecule has 0 aromatic carbocycles. The second-order valence-corrected chi connectivity index (χ2v) is 6.02. The van der Waals surface area contributed by atoms with Crippen molar-refractivity contribution in [1.29, 1.82) is 0 Å². The molecule has 1 unspecified atom stereocenters. The molecule has 3 N–H and O–H groups in total. The monoisotopic (exact) mass is 269 g/mol. The number of guanidine groups is 1. The van der Waals surface area contributed by atoms with Crippen LogP contribution in [0.25, 0.3) is 0 Å². The first kappa shape index (κ1) is 14.6. The Bertz CT molecular complexity index is 312. The smallest absolute Gasteiger partial charge is 0.188 e. The van der Waals surface area contributed by atoms with E-state index < -0.39 is 0 Å². The van der Waals surface area contributed by atoms with Gasteiger partial charge in [0.25, 0.3) is 0 Å². The molecule has 0 radical (unpaired) electrons. The van der Waals surface area contributed by atoms with Gasteiger partial charge in [0.2, 0.25) is 0 Å². The van der Waals surface area contributed by atoms with Crippen LogP contribution in [-0.4, -0.2) is 37.5 Å². The van der Waals surface area contributed by atoms with Gasteiger partial charge in [-0.3, -0.25) is 4.99 Å². The third-order valence-corrected chi connectivity index (χ3v) is 3.67. The van der Waals surface area contributed by atoms with E-state index in [-0.39, 0.29) is 11.9 Å². The van der Waals surface area contributed by atoms with Crippen molar-refractivity contribution in [2.45, 2.75) is 57.8 Å². The molecular formula is C14H27N3O2. The molecule has 110 valence electrons. The molecule has 1 aliphatic heterocycles. The van der Waals surface area contributed by atoms with Crippen molar-refractivity contribution in [3.8, 4) is 0 Å². The first-order valence-electron chi connectivity index (χ1n) is 7.45. The summed E-state index contributed by atoms with van der Waals surface area (Å²) in [5.41, 5.74) is 5.81. The molecule has 1 aliphatic carbocycles. The summed E-state index contributed by atoms with van der Waals surface area (Å²) in [6.45, 7) is 6.33. The molecule has 1 saturated heterocycles. The summed E-state index contributed by atoms with van der Waals surface area (Å²) in [4.78, 5) is 4.28. The van der Waals surface area contributed by atoms with E-state index in [2.05, 4.69) is 24.2 Å². The first-order chi connectivity index (χ1) is 9.10. The van der Waals surface area contributed by atoms with Gasteiger partial charge in [0.1, 0.15) is 6.10 Å². The molecule has 0 aromatic rings. The Hall–Kier alpha value is -0.810. The molecule has 1 heterocycles. The van der Waals surface area contributed by atoms with E-state index in [0.29, 0.717) is 25.0 Å². The Labute approximate surface area is 115 Å². The number of ether oxygens (including phenoxy) is 2. The molecule has 0 aromatic heterocycles. The fourth-order valence-corrected chi connectivity index (χ4v) is 2.63. The van der Waals surface area contributed by atoms with Crippen LogP contribution in [0.4, 0.5) is 0 Å². The summed E-state index contributed by atoms with van der Waals surface area (Å²) in [5.74, 6) is 0.729. The quantitative estimate of drug-likeness (QED) is 0.601. The highest BCUT2D eigenvalue weighted by atomic mass is 16.7. The van der Waals surface area contributed by atoms with Crippen LogP contribution >= 0.6 is 0 Å². The third kappa shape index (κ3) is 4.35. The van der Waals surface area contributed by atoms with Gasteiger partial charge in [-0.25, -0.2) is 0 Å². The summed E-state index contributed by atoms with van der Waals surface area (Å²) < 4.78 is 12.0. The predicted octanol–water partition coefficient (Wildman–Crippen LogP) is 1.62. The number of hydrogen-bond acceptors (Lipinski definition) is 3. The Balaban J connectivity index is 1.71. The lowest BCUT2D eigenvalue weighted by molar-refractivity contribution is -0.186. The zero-order chi connectivity index (χ0) is 13.7. The molecule has 2 rings (SSSR count). The summed E-state index contributed by atoms with van der Waals surface area (Å²) in [6, 6.07) is 0. The van der Waals surface area contributed by atoms with E-state index in [1.807, 2.05) is 0 Å². The fraction of sp³-hybridized carbons (Fsp3) is 0.929. The molecule has 5 nitrogen and oxygen atoms in total. The lowest BCUT2D eigenvalue weighted by atomic mass is 9.94. The van der Waals surface area contributed by atoms with Gasteiger partial charge in [0, 0.05) is 25.9 Å². The number of rotatable bonds is 4. The maximum absolute atomic E-state index is 6.07. The molecule has 0 amide bonds. The van der Waals surface area contributed by atoms with Crippen LogP contribution in [0.3, 0.4) is 0 Å². The number of nitrogens with one attached hydrogen (secondary N) is 1. The van der Waals surface area contributed by atoms with Gasteiger partial charge in [-0.1, -0.05) is 20.3 Å². The van der Waals surface area contributed by atoms with E-state index in [1.54, 1.807) is 0 Å². The molecule has 2 fully saturated rings. The van der Waals surface area contributed by atoms with Crippen LogP contribution < -0.4 is 11.1 Å². The lowest BCUT2D eigenvalue weighted by Crippen LogP contribution is -2.40. The summed E-state index contributed by atoms with van der Waals surface area (Å²) in [7, 11) is 0. The molecule has 1 spiro atoms. The molecule has 5 heteroatoms. The highest BCUT2D eigenvalue weighted by molar-refractivity contribution is 5.77. The number of hydrogen-bond donors (Lipinski definition) is 2. The maximum Gasteiger partial charge on any atom is 0.188 e. The Morgan fingerprint density at radius 1 is 1.37 bits per heavy atom. The zero-order valence-corrected chi connectivity index (χ0v) is 12.2. The Morgan fingerprint density at radius 3 is 2.79 bits per heavy atom. The minimum atomic E-state index is -0.297. The highest BCUT2D eigenvalue weighted by Gasteiger charge is 2.41. The number of aliphatic imine (C=N–C) groups is 1. The van der Waals surface area contributed by atoms with E-state index in [1.165, 1.54) is 19.3 Å². The summed E-state index contributed by atoms with van der Waals surface area (Å²) in [5, 5.41) is 3.12. The van der Waals surface area contributed by atoms with Gasteiger partial charge in [0.05, 0.1) is 6.61 Å². The third-order valence-electron chi connectivity index (χ3n) is 3.67. The van der Waals surface area contributed by atoms with Crippen molar-refractivity contribution < 1.29 is 9.47 Å². The topological polar surface area (TPSA) is 68.9 Å². The van der Waals surface area contributed by atoms with Crippen molar-refractivity contribution >= 4 is 5.96 Å². The largest absolute Gasteiger partial charge is 0.370 e. The van der Waals surface area contributed by atoms with E-state index >= 15 is 0 Å². The van der Waals surface area contributed by atoms with Crippen molar-refractivity contribution in [3.05, 3.63) is 0 Å². The molecule has 1 atom stereocenters. The maximum atomic E-state index is 6.07. The van der Waals surface area contributed by atoms with Crippen LogP contribution in [0, 0.1) is 5.92 Å². The van der Waals surface area contributed by atoms with Crippen LogP contribution in [0.1, 0.15) is 46.0 Å². The van der Waals surface area contributed by atoms with Crippen LogP contribution in [0.15, 0.2) is 4.99 Å². The summed E-state index contributed by atoms with van der Waals surface area (Å²) in [6.07, 6.45) is 5.86. The van der Waals surface area contributed by atoms with Gasteiger partial charge < -0.3 is 20.5 Å². The second kappa shape index (κ2) is 6.57.